The Morgan fingerprint density at radius 2 is 1.00 bits per heavy atom. The van der Waals surface area contributed by atoms with Crippen LogP contribution in [-0.4, -0.2) is 80.9 Å². The van der Waals surface area contributed by atoms with Gasteiger partial charge in [0.05, 0.1) is 0 Å². The van der Waals surface area contributed by atoms with E-state index in [1.54, 1.807) is 0 Å². The molecule has 0 atom stereocenters. The molecule has 0 aliphatic carbocycles. The van der Waals surface area contributed by atoms with Gasteiger partial charge >= 0.3 is 0 Å². The molecule has 0 aromatic rings. The molecule has 0 saturated carbocycles. The molecule has 0 aliphatic rings. The monoisotopic (exact) mass is 332 g/mol. The first-order chi connectivity index (χ1) is 0. The second kappa shape index (κ2) is 15.7. The molecule has 0 spiro atoms. The van der Waals surface area contributed by atoms with Crippen LogP contribution >= 0.6 is 0 Å². The first-order valence-electron chi connectivity index (χ1n) is 0. The molecule has 0 aromatic carbocycles. The molecular formula is HfKNaZr. The van der Waals surface area contributed by atoms with Crippen LogP contribution in [0.5, 0.6) is 0 Å². The van der Waals surface area contributed by atoms with E-state index in [4.69, 9.17) is 0 Å². The van der Waals surface area contributed by atoms with Crippen molar-refractivity contribution in [1.29, 1.82) is 0 Å². The van der Waals surface area contributed by atoms with Gasteiger partial charge < -0.3 is 0 Å². The zero-order valence-corrected chi connectivity index (χ0v) is 14.2. The van der Waals surface area contributed by atoms with E-state index in [9.17, 15) is 0 Å². The van der Waals surface area contributed by atoms with Crippen molar-refractivity contribution in [2.45, 2.75) is 0 Å². The first kappa shape index (κ1) is 23.8. The van der Waals surface area contributed by atoms with E-state index >= 15 is 0 Å². The van der Waals surface area contributed by atoms with E-state index in [0.29, 0.717) is 0 Å². The van der Waals surface area contributed by atoms with E-state index in [1.807, 2.05) is 0 Å². The van der Waals surface area contributed by atoms with Gasteiger partial charge in [0, 0.05) is 133 Å². The topological polar surface area (TPSA) is 0 Å². The molecule has 4 heteroatoms. The SMILES string of the molecule is [Hf].[K].[Na].[Zr]. The van der Waals surface area contributed by atoms with Crippen molar-refractivity contribution < 1.29 is 52.0 Å². The van der Waals surface area contributed by atoms with Crippen LogP contribution in [-0.2, 0) is 52.0 Å². The Kier molecular flexibility index (Phi) is 93.1. The Labute approximate surface area is 129 Å². The van der Waals surface area contributed by atoms with Gasteiger partial charge in [-0.1, -0.05) is 0 Å². The van der Waals surface area contributed by atoms with Crippen LogP contribution in [0.2, 0.25) is 0 Å². The van der Waals surface area contributed by atoms with Crippen LogP contribution < -0.4 is 0 Å². The minimum atomic E-state index is 0. The summed E-state index contributed by atoms with van der Waals surface area (Å²) in [5, 5.41) is 0. The molecule has 0 fully saturated rings. The van der Waals surface area contributed by atoms with Crippen LogP contribution in [0.25, 0.3) is 0 Å². The quantitative estimate of drug-likeness (QED) is 0.512. The fourth-order valence-corrected chi connectivity index (χ4v) is 0. The van der Waals surface area contributed by atoms with Gasteiger partial charge in [0.25, 0.3) is 0 Å². The standard InChI is InChI=1S/Hf.K.Na.Zr. The zero-order chi connectivity index (χ0) is 0. The van der Waals surface area contributed by atoms with Gasteiger partial charge in [-0.3, -0.25) is 0 Å². The predicted octanol–water partition coefficient (Wildman–Crippen LogP) is -0.767. The zero-order valence-electron chi connectivity index (χ0n) is 3.00. The van der Waals surface area contributed by atoms with Crippen molar-refractivity contribution in [1.82, 2.24) is 0 Å². The molecule has 0 N–H and O–H groups in total. The summed E-state index contributed by atoms with van der Waals surface area (Å²) in [5.41, 5.74) is 0. The molecule has 2 radical (unpaired) electrons. The Hall–Kier alpha value is 4.39. The maximum absolute atomic E-state index is 0. The Bertz CT molecular complexity index is 8.00. The molecule has 0 heterocycles. The summed E-state index contributed by atoms with van der Waals surface area (Å²) in [6.45, 7) is 0. The molecule has 0 bridgehead atoms. The van der Waals surface area contributed by atoms with Crippen molar-refractivity contribution in [3.63, 3.8) is 0 Å². The van der Waals surface area contributed by atoms with E-state index in [-0.39, 0.29) is 133 Å². The summed E-state index contributed by atoms with van der Waals surface area (Å²) in [6, 6.07) is 0. The third-order valence-corrected chi connectivity index (χ3v) is 0. The van der Waals surface area contributed by atoms with Gasteiger partial charge in [-0.05, 0) is 0 Å². The molecule has 4 heavy (non-hydrogen) atoms. The molecular weight excluding hydrogens is 332 g/mol. The van der Waals surface area contributed by atoms with E-state index in [1.165, 1.54) is 0 Å². The Balaban J connectivity index is 0. The van der Waals surface area contributed by atoms with Crippen molar-refractivity contribution in [2.75, 3.05) is 0 Å². The Morgan fingerprint density at radius 3 is 1.00 bits per heavy atom. The summed E-state index contributed by atoms with van der Waals surface area (Å²) >= 11 is 0. The average Bonchev–Trinajstić information content (AvgIpc) is 0. The summed E-state index contributed by atoms with van der Waals surface area (Å²) in [4.78, 5) is 0. The maximum atomic E-state index is 0. The minimum Gasteiger partial charge on any atom is 0 e. The number of hydrogen-bond acceptors (Lipinski definition) is 0. The van der Waals surface area contributed by atoms with Crippen LogP contribution in [0.3, 0.4) is 0 Å². The number of rotatable bonds is 0. The normalized spacial score (nSPS) is 0. The molecule has 0 aliphatic heterocycles. The average molecular weight is 332 g/mol. The van der Waals surface area contributed by atoms with Gasteiger partial charge in [0.1, 0.15) is 0 Å². The third kappa shape index (κ3) is 9.63. The molecule has 0 amide bonds. The summed E-state index contributed by atoms with van der Waals surface area (Å²) in [5.74, 6) is 0. The van der Waals surface area contributed by atoms with Crippen molar-refractivity contribution in [3.05, 3.63) is 0 Å². The Morgan fingerprint density at radius 1 is 1.00 bits per heavy atom. The maximum Gasteiger partial charge on any atom is 0 e. The minimum absolute atomic E-state index is 0. The first-order valence-corrected chi connectivity index (χ1v) is 0. The molecule has 0 saturated heterocycles. The largest absolute Gasteiger partial charge is 0 e. The third-order valence-electron chi connectivity index (χ3n) is 0. The van der Waals surface area contributed by atoms with Crippen LogP contribution in [0.15, 0.2) is 0 Å². The van der Waals surface area contributed by atoms with Gasteiger partial charge in [-0.25, -0.2) is 0 Å². The van der Waals surface area contributed by atoms with E-state index in [0.717, 1.165) is 0 Å². The molecule has 0 nitrogen and oxygen atoms in total. The molecule has 0 unspecified atom stereocenters. The fraction of sp³-hybridized carbons (Fsp3) is 0. The molecule has 0 rings (SSSR count). The van der Waals surface area contributed by atoms with Crippen LogP contribution in [0, 0.1) is 0 Å². The van der Waals surface area contributed by atoms with Crippen molar-refractivity contribution in [3.8, 4) is 0 Å². The van der Waals surface area contributed by atoms with Crippen LogP contribution in [0.1, 0.15) is 0 Å². The van der Waals surface area contributed by atoms with Gasteiger partial charge in [-0.2, -0.15) is 0 Å². The van der Waals surface area contributed by atoms with Crippen molar-refractivity contribution >= 4 is 80.9 Å². The van der Waals surface area contributed by atoms with E-state index < -0.39 is 0 Å². The second-order valence-corrected chi connectivity index (χ2v) is 0. The van der Waals surface area contributed by atoms with Crippen molar-refractivity contribution in [2.24, 2.45) is 0 Å². The van der Waals surface area contributed by atoms with Gasteiger partial charge in [0.15, 0.2) is 0 Å². The predicted molar refractivity (Wildman–Crippen MR) is 11.5 cm³/mol. The number of hydrogen-bond donors (Lipinski definition) is 0. The summed E-state index contributed by atoms with van der Waals surface area (Å²) < 4.78 is 0. The van der Waals surface area contributed by atoms with E-state index in [2.05, 4.69) is 0 Å². The molecule has 0 aromatic heterocycles. The smallest absolute Gasteiger partial charge is 0 e. The summed E-state index contributed by atoms with van der Waals surface area (Å²) in [7, 11) is 0. The molecule has 10 valence electrons. The van der Waals surface area contributed by atoms with Gasteiger partial charge in [-0.15, -0.1) is 0 Å². The van der Waals surface area contributed by atoms with Crippen LogP contribution in [0.4, 0.5) is 0 Å². The van der Waals surface area contributed by atoms with Gasteiger partial charge in [0.2, 0.25) is 0 Å². The fourth-order valence-electron chi connectivity index (χ4n) is 0. The summed E-state index contributed by atoms with van der Waals surface area (Å²) in [6.07, 6.45) is 0. The second-order valence-electron chi connectivity index (χ2n) is 0.